The van der Waals surface area contributed by atoms with Crippen LogP contribution in [0.2, 0.25) is 0 Å². The van der Waals surface area contributed by atoms with Gasteiger partial charge in [-0.2, -0.15) is 22.0 Å². The quantitative estimate of drug-likeness (QED) is 0.673. The van der Waals surface area contributed by atoms with E-state index in [1.54, 1.807) is 18.0 Å². The van der Waals surface area contributed by atoms with E-state index >= 15 is 0 Å². The van der Waals surface area contributed by atoms with Crippen LogP contribution < -0.4 is 5.73 Å². The summed E-state index contributed by atoms with van der Waals surface area (Å²) in [6.07, 6.45) is 1.68. The van der Waals surface area contributed by atoms with Crippen LogP contribution in [-0.4, -0.2) is 22.5 Å². The van der Waals surface area contributed by atoms with Gasteiger partial charge in [0, 0.05) is 24.2 Å². The lowest BCUT2D eigenvalue weighted by Crippen LogP contribution is -2.01. The second kappa shape index (κ2) is 5.09. The Morgan fingerprint density at radius 2 is 2.45 bits per heavy atom. The van der Waals surface area contributed by atoms with Crippen LogP contribution >= 0.6 is 11.8 Å². The van der Waals surface area contributed by atoms with Gasteiger partial charge in [0.2, 0.25) is 0 Å². The maximum absolute atomic E-state index is 5.34. The van der Waals surface area contributed by atoms with Gasteiger partial charge in [0.05, 0.1) is 5.69 Å². The van der Waals surface area contributed by atoms with Crippen LogP contribution in [0.25, 0.3) is 0 Å². The molecule has 2 N–H and O–H groups in total. The van der Waals surface area contributed by atoms with E-state index < -0.39 is 0 Å². The number of hydrogen-bond acceptors (Lipinski definition) is 4. The van der Waals surface area contributed by atoms with Crippen molar-refractivity contribution >= 4 is 11.8 Å². The zero-order valence-electron chi connectivity index (χ0n) is 6.23. The van der Waals surface area contributed by atoms with Crippen molar-refractivity contribution in [2.45, 2.75) is 5.75 Å². The molecule has 0 bridgehead atoms. The molecule has 0 aromatic carbocycles. The monoisotopic (exact) mass is 169 g/mol. The molecule has 0 aliphatic carbocycles. The molecule has 0 radical (unpaired) electrons. The first-order chi connectivity index (χ1) is 5.43. The molecule has 60 valence electrons. The van der Waals surface area contributed by atoms with Gasteiger partial charge in [-0.15, -0.1) is 0 Å². The fourth-order valence-electron chi connectivity index (χ4n) is 0.670. The van der Waals surface area contributed by atoms with Gasteiger partial charge in [-0.1, -0.05) is 0 Å². The van der Waals surface area contributed by atoms with E-state index in [1.807, 2.05) is 12.1 Å². The van der Waals surface area contributed by atoms with Gasteiger partial charge in [0.15, 0.2) is 0 Å². The SMILES string of the molecule is NCCSCc1cccnn1. The number of thioether (sulfide) groups is 1. The molecule has 11 heavy (non-hydrogen) atoms. The van der Waals surface area contributed by atoms with Crippen molar-refractivity contribution in [3.63, 3.8) is 0 Å². The maximum atomic E-state index is 5.34. The molecule has 1 aromatic heterocycles. The second-order valence-electron chi connectivity index (χ2n) is 2.06. The molecule has 4 heteroatoms. The summed E-state index contributed by atoms with van der Waals surface area (Å²) in [6, 6.07) is 3.86. The molecule has 0 unspecified atom stereocenters. The Morgan fingerprint density at radius 1 is 1.55 bits per heavy atom. The van der Waals surface area contributed by atoms with Crippen molar-refractivity contribution in [3.8, 4) is 0 Å². The summed E-state index contributed by atoms with van der Waals surface area (Å²) < 4.78 is 0. The number of rotatable bonds is 4. The van der Waals surface area contributed by atoms with Gasteiger partial charge >= 0.3 is 0 Å². The fourth-order valence-corrected chi connectivity index (χ4v) is 1.34. The lowest BCUT2D eigenvalue weighted by Gasteiger charge is -1.96. The van der Waals surface area contributed by atoms with Gasteiger partial charge in [0.1, 0.15) is 0 Å². The smallest absolute Gasteiger partial charge is 0.0729 e. The molecule has 0 spiro atoms. The van der Waals surface area contributed by atoms with Crippen LogP contribution in [-0.2, 0) is 5.75 Å². The minimum absolute atomic E-state index is 0.727. The van der Waals surface area contributed by atoms with E-state index in [1.165, 1.54) is 0 Å². The summed E-state index contributed by atoms with van der Waals surface area (Å²) in [5.74, 6) is 1.89. The Morgan fingerprint density at radius 3 is 3.09 bits per heavy atom. The molecule has 0 amide bonds. The Kier molecular flexibility index (Phi) is 3.93. The predicted octanol–water partition coefficient (Wildman–Crippen LogP) is 0.668. The first-order valence-corrected chi connectivity index (χ1v) is 4.63. The number of aromatic nitrogens is 2. The fraction of sp³-hybridized carbons (Fsp3) is 0.429. The summed E-state index contributed by atoms with van der Waals surface area (Å²) in [7, 11) is 0. The second-order valence-corrected chi connectivity index (χ2v) is 3.16. The summed E-state index contributed by atoms with van der Waals surface area (Å²) >= 11 is 1.78. The molecule has 0 aliphatic rings. The van der Waals surface area contributed by atoms with Crippen LogP contribution in [0.3, 0.4) is 0 Å². The Balaban J connectivity index is 2.28. The topological polar surface area (TPSA) is 51.8 Å². The Labute approximate surface area is 70.4 Å². The summed E-state index contributed by atoms with van der Waals surface area (Å²) in [4.78, 5) is 0. The molecule has 3 nitrogen and oxygen atoms in total. The summed E-state index contributed by atoms with van der Waals surface area (Å²) in [5.41, 5.74) is 6.36. The average molecular weight is 169 g/mol. The van der Waals surface area contributed by atoms with Crippen LogP contribution in [0.4, 0.5) is 0 Å². The van der Waals surface area contributed by atoms with Crippen molar-refractivity contribution in [2.75, 3.05) is 12.3 Å². The largest absolute Gasteiger partial charge is 0.330 e. The van der Waals surface area contributed by atoms with E-state index in [4.69, 9.17) is 5.73 Å². The molecular formula is C7H11N3S. The molecular weight excluding hydrogens is 158 g/mol. The van der Waals surface area contributed by atoms with Gasteiger partial charge < -0.3 is 5.73 Å². The van der Waals surface area contributed by atoms with Crippen molar-refractivity contribution < 1.29 is 0 Å². The van der Waals surface area contributed by atoms with Gasteiger partial charge in [-0.3, -0.25) is 0 Å². The highest BCUT2D eigenvalue weighted by molar-refractivity contribution is 7.98. The molecule has 1 aromatic rings. The van der Waals surface area contributed by atoms with Crippen molar-refractivity contribution in [1.29, 1.82) is 0 Å². The minimum Gasteiger partial charge on any atom is -0.330 e. The molecule has 1 rings (SSSR count). The molecule has 0 saturated carbocycles. The van der Waals surface area contributed by atoms with Crippen molar-refractivity contribution in [2.24, 2.45) is 5.73 Å². The first kappa shape index (κ1) is 8.49. The zero-order chi connectivity index (χ0) is 7.94. The third-order valence-electron chi connectivity index (χ3n) is 1.14. The van der Waals surface area contributed by atoms with Crippen molar-refractivity contribution in [1.82, 2.24) is 10.2 Å². The minimum atomic E-state index is 0.727. The third-order valence-corrected chi connectivity index (χ3v) is 2.16. The van der Waals surface area contributed by atoms with Crippen molar-refractivity contribution in [3.05, 3.63) is 24.0 Å². The van der Waals surface area contributed by atoms with Crippen LogP contribution in [0, 0.1) is 0 Å². The predicted molar refractivity (Wildman–Crippen MR) is 47.2 cm³/mol. The van der Waals surface area contributed by atoms with E-state index in [0.29, 0.717) is 0 Å². The van der Waals surface area contributed by atoms with Gasteiger partial charge in [0.25, 0.3) is 0 Å². The average Bonchev–Trinajstić information content (AvgIpc) is 2.07. The molecule has 0 aliphatic heterocycles. The van der Waals surface area contributed by atoms with Gasteiger partial charge in [-0.05, 0) is 12.1 Å². The summed E-state index contributed by atoms with van der Waals surface area (Å²) in [5, 5.41) is 7.71. The molecule has 0 saturated heterocycles. The van der Waals surface area contributed by atoms with Crippen LogP contribution in [0.15, 0.2) is 18.3 Å². The van der Waals surface area contributed by atoms with Crippen LogP contribution in [0.1, 0.15) is 5.69 Å². The Bertz CT molecular complexity index is 190. The molecule has 0 atom stereocenters. The van der Waals surface area contributed by atoms with E-state index in [0.717, 1.165) is 23.7 Å². The number of nitrogens with zero attached hydrogens (tertiary/aromatic N) is 2. The normalized spacial score (nSPS) is 9.91. The first-order valence-electron chi connectivity index (χ1n) is 3.48. The zero-order valence-corrected chi connectivity index (χ0v) is 7.05. The maximum Gasteiger partial charge on any atom is 0.0729 e. The lowest BCUT2D eigenvalue weighted by atomic mass is 10.4. The standard InChI is InChI=1S/C7H11N3S/c8-3-5-11-6-7-2-1-4-9-10-7/h1-2,4H,3,5-6,8H2. The number of hydrogen-bond donors (Lipinski definition) is 1. The van der Waals surface area contributed by atoms with Gasteiger partial charge in [-0.25, -0.2) is 0 Å². The van der Waals surface area contributed by atoms with Crippen LogP contribution in [0.5, 0.6) is 0 Å². The molecule has 0 fully saturated rings. The highest BCUT2D eigenvalue weighted by Crippen LogP contribution is 2.06. The highest BCUT2D eigenvalue weighted by Gasteiger charge is 1.92. The van der Waals surface area contributed by atoms with E-state index in [-0.39, 0.29) is 0 Å². The Hall–Kier alpha value is -0.610. The van der Waals surface area contributed by atoms with E-state index in [2.05, 4.69) is 10.2 Å². The lowest BCUT2D eigenvalue weighted by molar-refractivity contribution is 0.970. The summed E-state index contributed by atoms with van der Waals surface area (Å²) in [6.45, 7) is 0.727. The molecule has 1 heterocycles. The highest BCUT2D eigenvalue weighted by atomic mass is 32.2. The number of nitrogens with two attached hydrogens (primary N) is 1. The third kappa shape index (κ3) is 3.34. The van der Waals surface area contributed by atoms with E-state index in [9.17, 15) is 0 Å².